The number of carbonyl (C=O) groups excluding carboxylic acids is 1. The predicted molar refractivity (Wildman–Crippen MR) is 120 cm³/mol. The number of aryl methyl sites for hydroxylation is 1. The monoisotopic (exact) mass is 465 g/mol. The van der Waals surface area contributed by atoms with Gasteiger partial charge >= 0.3 is 0 Å². The number of nitrogens with zero attached hydrogens (tertiary/aromatic N) is 1. The molecule has 0 radical (unpaired) electrons. The highest BCUT2D eigenvalue weighted by Crippen LogP contribution is 2.21. The minimum atomic E-state index is -3.78. The van der Waals surface area contributed by atoms with E-state index >= 15 is 0 Å². The summed E-state index contributed by atoms with van der Waals surface area (Å²) in [7, 11) is -7.13. The molecule has 1 amide bonds. The smallest absolute Gasteiger partial charge is 0.261 e. The summed E-state index contributed by atoms with van der Waals surface area (Å²) in [5.41, 5.74) is 1.84. The lowest BCUT2D eigenvalue weighted by atomic mass is 10.0. The maximum atomic E-state index is 13.0. The molecule has 2 aromatic rings. The molecule has 3 rings (SSSR count). The van der Waals surface area contributed by atoms with E-state index < -0.39 is 20.0 Å². The average molecular weight is 466 g/mol. The van der Waals surface area contributed by atoms with E-state index in [0.717, 1.165) is 24.7 Å². The number of piperidine rings is 1. The average Bonchev–Trinajstić information content (AvgIpc) is 2.73. The van der Waals surface area contributed by atoms with E-state index in [-0.39, 0.29) is 23.4 Å². The zero-order valence-electron chi connectivity index (χ0n) is 17.5. The molecule has 2 N–H and O–H groups in total. The third-order valence-corrected chi connectivity index (χ3v) is 7.27. The zero-order valence-corrected chi connectivity index (χ0v) is 19.2. The Morgan fingerprint density at radius 1 is 1.00 bits per heavy atom. The van der Waals surface area contributed by atoms with E-state index in [2.05, 4.69) is 9.44 Å². The molecular formula is C21H27N3O5S2. The SMILES string of the molecule is Cc1ccc(NS(=O)(=O)c2ccc(C(=O)N3CCCCC3CNS(C)(=O)=O)cc2)cc1. The molecule has 0 bridgehead atoms. The summed E-state index contributed by atoms with van der Waals surface area (Å²) in [5.74, 6) is -0.240. The van der Waals surface area contributed by atoms with Crippen LogP contribution in [0, 0.1) is 6.92 Å². The maximum Gasteiger partial charge on any atom is 0.261 e. The van der Waals surface area contributed by atoms with Crippen LogP contribution < -0.4 is 9.44 Å². The first-order valence-electron chi connectivity index (χ1n) is 10.0. The molecule has 2 aromatic carbocycles. The highest BCUT2D eigenvalue weighted by molar-refractivity contribution is 7.92. The van der Waals surface area contributed by atoms with Crippen LogP contribution in [0.1, 0.15) is 35.2 Å². The minimum Gasteiger partial charge on any atom is -0.334 e. The number of rotatable bonds is 7. The second-order valence-electron chi connectivity index (χ2n) is 7.76. The molecular weight excluding hydrogens is 438 g/mol. The fourth-order valence-corrected chi connectivity index (χ4v) is 5.06. The van der Waals surface area contributed by atoms with Gasteiger partial charge in [0.1, 0.15) is 0 Å². The first kappa shape index (κ1) is 23.2. The van der Waals surface area contributed by atoms with E-state index in [0.29, 0.717) is 24.2 Å². The maximum absolute atomic E-state index is 13.0. The Hall–Kier alpha value is -2.43. The topological polar surface area (TPSA) is 113 Å². The van der Waals surface area contributed by atoms with Crippen molar-refractivity contribution in [3.63, 3.8) is 0 Å². The van der Waals surface area contributed by atoms with Crippen LogP contribution in [-0.2, 0) is 20.0 Å². The second kappa shape index (κ2) is 9.37. The number of nitrogens with one attached hydrogen (secondary N) is 2. The van der Waals surface area contributed by atoms with Crippen molar-refractivity contribution in [2.75, 3.05) is 24.1 Å². The molecule has 0 saturated carbocycles. The van der Waals surface area contributed by atoms with E-state index in [1.54, 1.807) is 17.0 Å². The molecule has 1 saturated heterocycles. The van der Waals surface area contributed by atoms with Crippen LogP contribution in [0.4, 0.5) is 5.69 Å². The molecule has 0 spiro atoms. The summed E-state index contributed by atoms with van der Waals surface area (Å²) in [6, 6.07) is 12.5. The van der Waals surface area contributed by atoms with E-state index in [1.807, 2.05) is 19.1 Å². The first-order valence-corrected chi connectivity index (χ1v) is 13.4. The van der Waals surface area contributed by atoms with E-state index in [1.165, 1.54) is 24.3 Å². The van der Waals surface area contributed by atoms with Gasteiger partial charge in [-0.2, -0.15) is 0 Å². The Kier molecular flexibility index (Phi) is 7.03. The standard InChI is InChI=1S/C21H27N3O5S2/c1-16-6-10-18(11-7-16)23-31(28,29)20-12-8-17(9-13-20)21(25)24-14-4-3-5-19(24)15-22-30(2,26)27/h6-13,19,22-23H,3-5,14-15H2,1-2H3. The number of carbonyl (C=O) groups is 1. The number of anilines is 1. The van der Waals surface area contributed by atoms with Gasteiger partial charge in [0.25, 0.3) is 15.9 Å². The van der Waals surface area contributed by atoms with Crippen molar-refractivity contribution in [1.82, 2.24) is 9.62 Å². The number of hydrogen-bond donors (Lipinski definition) is 2. The Morgan fingerprint density at radius 3 is 2.26 bits per heavy atom. The highest BCUT2D eigenvalue weighted by atomic mass is 32.2. The Balaban J connectivity index is 1.73. The van der Waals surface area contributed by atoms with Crippen LogP contribution in [0.2, 0.25) is 0 Å². The van der Waals surface area contributed by atoms with Gasteiger partial charge in [0.2, 0.25) is 10.0 Å². The lowest BCUT2D eigenvalue weighted by Gasteiger charge is -2.35. The van der Waals surface area contributed by atoms with E-state index in [9.17, 15) is 21.6 Å². The number of benzene rings is 2. The molecule has 1 atom stereocenters. The number of sulfonamides is 2. The molecule has 1 fully saturated rings. The highest BCUT2D eigenvalue weighted by Gasteiger charge is 2.28. The molecule has 168 valence electrons. The van der Waals surface area contributed by atoms with Gasteiger partial charge in [-0.1, -0.05) is 17.7 Å². The molecule has 31 heavy (non-hydrogen) atoms. The molecule has 1 unspecified atom stereocenters. The van der Waals surface area contributed by atoms with Crippen LogP contribution in [0.5, 0.6) is 0 Å². The van der Waals surface area contributed by atoms with Crippen LogP contribution in [0.3, 0.4) is 0 Å². The van der Waals surface area contributed by atoms with Gasteiger partial charge in [0.15, 0.2) is 0 Å². The fraction of sp³-hybridized carbons (Fsp3) is 0.381. The minimum absolute atomic E-state index is 0.0542. The summed E-state index contributed by atoms with van der Waals surface area (Å²) in [6.07, 6.45) is 3.56. The molecule has 8 nitrogen and oxygen atoms in total. The third kappa shape index (κ3) is 6.28. The first-order chi connectivity index (χ1) is 14.5. The van der Waals surface area contributed by atoms with Gasteiger partial charge in [-0.25, -0.2) is 21.6 Å². The van der Waals surface area contributed by atoms with Crippen molar-refractivity contribution in [2.45, 2.75) is 37.1 Å². The largest absolute Gasteiger partial charge is 0.334 e. The summed E-state index contributed by atoms with van der Waals surface area (Å²) >= 11 is 0. The van der Waals surface area contributed by atoms with Crippen molar-refractivity contribution in [3.05, 3.63) is 59.7 Å². The van der Waals surface area contributed by atoms with Crippen molar-refractivity contribution < 1.29 is 21.6 Å². The van der Waals surface area contributed by atoms with Crippen LogP contribution in [0.25, 0.3) is 0 Å². The number of amides is 1. The Morgan fingerprint density at radius 2 is 1.65 bits per heavy atom. The summed E-state index contributed by atoms with van der Waals surface area (Å²) in [5, 5.41) is 0. The van der Waals surface area contributed by atoms with Crippen molar-refractivity contribution in [2.24, 2.45) is 0 Å². The van der Waals surface area contributed by atoms with Crippen molar-refractivity contribution in [1.29, 1.82) is 0 Å². The van der Waals surface area contributed by atoms with Crippen molar-refractivity contribution >= 4 is 31.6 Å². The van der Waals surface area contributed by atoms with Crippen molar-refractivity contribution in [3.8, 4) is 0 Å². The summed E-state index contributed by atoms with van der Waals surface area (Å²) in [6.45, 7) is 2.61. The molecule has 10 heteroatoms. The lowest BCUT2D eigenvalue weighted by Crippen LogP contribution is -2.49. The number of hydrogen-bond acceptors (Lipinski definition) is 5. The lowest BCUT2D eigenvalue weighted by molar-refractivity contribution is 0.0618. The van der Waals surface area contributed by atoms with Gasteiger partial charge in [-0.15, -0.1) is 0 Å². The van der Waals surface area contributed by atoms with Gasteiger partial charge in [-0.05, 0) is 62.6 Å². The summed E-state index contributed by atoms with van der Waals surface area (Å²) < 4.78 is 53.1. The predicted octanol–water partition coefficient (Wildman–Crippen LogP) is 2.34. The molecule has 1 aliphatic heterocycles. The summed E-state index contributed by atoms with van der Waals surface area (Å²) in [4.78, 5) is 14.7. The van der Waals surface area contributed by atoms with Crippen LogP contribution in [-0.4, -0.2) is 53.0 Å². The van der Waals surface area contributed by atoms with Gasteiger partial charge in [0.05, 0.1) is 11.2 Å². The molecule has 0 aliphatic carbocycles. The Bertz CT molecular complexity index is 1130. The quantitative estimate of drug-likeness (QED) is 0.652. The molecule has 1 heterocycles. The molecule has 1 aliphatic rings. The van der Waals surface area contributed by atoms with Gasteiger partial charge < -0.3 is 4.90 Å². The normalized spacial score (nSPS) is 17.4. The van der Waals surface area contributed by atoms with Gasteiger partial charge in [-0.3, -0.25) is 9.52 Å². The zero-order chi connectivity index (χ0) is 22.6. The third-order valence-electron chi connectivity index (χ3n) is 5.18. The second-order valence-corrected chi connectivity index (χ2v) is 11.3. The van der Waals surface area contributed by atoms with E-state index in [4.69, 9.17) is 0 Å². The Labute approximate surface area is 183 Å². The number of likely N-dealkylation sites (tertiary alicyclic amines) is 1. The fourth-order valence-electron chi connectivity index (χ4n) is 3.51. The van der Waals surface area contributed by atoms with Gasteiger partial charge in [0, 0.05) is 30.4 Å². The van der Waals surface area contributed by atoms with Crippen LogP contribution >= 0.6 is 0 Å². The molecule has 0 aromatic heterocycles. The van der Waals surface area contributed by atoms with Crippen LogP contribution in [0.15, 0.2) is 53.4 Å².